The number of carbonyl (C=O) groups is 5. The van der Waals surface area contributed by atoms with Gasteiger partial charge in [-0.3, -0.25) is 0 Å². The van der Waals surface area contributed by atoms with Gasteiger partial charge in [0.2, 0.25) is 0 Å². The molecule has 0 bridgehead atoms. The van der Waals surface area contributed by atoms with Gasteiger partial charge in [-0.1, -0.05) is 132 Å². The molecule has 2 aromatic carbocycles. The van der Waals surface area contributed by atoms with Gasteiger partial charge in [-0.25, -0.2) is 45.8 Å². The number of carbonyl (C=O) groups excluding carboxylic acids is 5. The molecule has 0 N–H and O–H groups in total. The van der Waals surface area contributed by atoms with Crippen LogP contribution < -0.4 is 0 Å². The lowest BCUT2D eigenvalue weighted by molar-refractivity contribution is -0.278. The largest absolute Gasteiger partial charge is 0.444 e. The molecule has 3 unspecified atom stereocenters. The lowest BCUT2D eigenvalue weighted by Gasteiger charge is -2.39. The Balaban J connectivity index is 0.000000246. The Labute approximate surface area is 746 Å². The summed E-state index contributed by atoms with van der Waals surface area (Å²) in [7, 11) is -10.7. The topological polar surface area (TPSA) is 280 Å². The van der Waals surface area contributed by atoms with Gasteiger partial charge in [-0.05, 0) is 239 Å². The summed E-state index contributed by atoms with van der Waals surface area (Å²) in [6, 6.07) is 16.7. The van der Waals surface area contributed by atoms with E-state index in [9.17, 15) is 40.8 Å². The summed E-state index contributed by atoms with van der Waals surface area (Å²) >= 11 is 2.32. The predicted molar refractivity (Wildman–Crippen MR) is 486 cm³/mol. The summed E-state index contributed by atoms with van der Waals surface area (Å²) < 4.78 is 134. The van der Waals surface area contributed by atoms with Gasteiger partial charge < -0.3 is 65.8 Å². The highest BCUT2D eigenvalue weighted by atomic mass is 127. The van der Waals surface area contributed by atoms with Gasteiger partial charge in [0.1, 0.15) is 29.7 Å². The maximum absolute atomic E-state index is 13.8. The Hall–Kier alpha value is -4.75. The summed E-state index contributed by atoms with van der Waals surface area (Å²) in [5.41, 5.74) is 1.82. The van der Waals surface area contributed by atoms with Crippen molar-refractivity contribution in [3.05, 3.63) is 107 Å². The van der Waals surface area contributed by atoms with E-state index in [1.165, 1.54) is 5.57 Å². The second-order valence-electron chi connectivity index (χ2n) is 40.3. The normalized spacial score (nSPS) is 28.9. The highest BCUT2D eigenvalue weighted by Crippen LogP contribution is 2.47. The SMILES string of the molecule is C=C(I)[C@H](C)CC1(CC[C@@H]2O[C@@H](CCCO[Si](C)(C)C(C)(C)C)CC2=C)OCCCO1.C=C1C[C@H](CCCO[Si](C)(C)C(C)(C)C)OC1CC[C@H]1C[C@@H](C)C(=C)[C@@H](C[C@@H]2OC(C[C@H]3CN(C(=O)OC(C)(C)C)C(=O)O3)[C@H](C)[C@H]2CS(=O)(=O)c2ccccc2)O1.C[C@H]1C(C[C@H]2CN(C(=O)OC(C)(C)C)C(=O)O2)O[C@@H](CC=O)[C@@H]1CS(=O)(=O)c1ccccc1. The number of aldehydes is 1. The van der Waals surface area contributed by atoms with E-state index < -0.39 is 120 Å². The lowest BCUT2D eigenvalue weighted by Crippen LogP contribution is -2.42. The van der Waals surface area contributed by atoms with Gasteiger partial charge in [0.25, 0.3) is 0 Å². The maximum atomic E-state index is 13.8. The molecular weight excluding hydrogens is 1740 g/mol. The minimum atomic E-state index is -3.66. The smallest absolute Gasteiger partial charge is 0.419 e. The number of nitrogens with zero attached hydrogens (tertiary/aromatic N) is 2. The van der Waals surface area contributed by atoms with Gasteiger partial charge in [0.15, 0.2) is 42.1 Å². The molecule has 8 heterocycles. The fraction of sp³-hybridized carbons (Fsp3) is 0.731. The number of amides is 4. The van der Waals surface area contributed by atoms with Crippen LogP contribution in [-0.2, 0) is 85.4 Å². The van der Waals surface area contributed by atoms with E-state index in [1.807, 2.05) is 13.8 Å². The molecule has 122 heavy (non-hydrogen) atoms. The zero-order chi connectivity index (χ0) is 90.5. The van der Waals surface area contributed by atoms with Crippen LogP contribution in [0, 0.1) is 35.5 Å². The summed E-state index contributed by atoms with van der Waals surface area (Å²) in [5, 5.41) is 0.453. The molecule has 0 spiro atoms. The van der Waals surface area contributed by atoms with E-state index in [0.29, 0.717) is 18.8 Å². The third-order valence-electron chi connectivity index (χ3n) is 26.2. The number of imide groups is 2. The number of cyclic esters (lactones) is 2. The summed E-state index contributed by atoms with van der Waals surface area (Å²) in [6.07, 6.45) is 7.74. The van der Waals surface area contributed by atoms with Crippen LogP contribution in [0.1, 0.15) is 220 Å². The Bertz CT molecular complexity index is 4080. The van der Waals surface area contributed by atoms with Crippen molar-refractivity contribution in [2.24, 2.45) is 35.5 Å². The van der Waals surface area contributed by atoms with Crippen LogP contribution in [0.2, 0.25) is 36.3 Å². The first-order valence-corrected chi connectivity index (χ1v) is 54.5. The first-order valence-electron chi connectivity index (χ1n) is 44.3. The minimum absolute atomic E-state index is 0.00271. The van der Waals surface area contributed by atoms with Gasteiger partial charge in [0, 0.05) is 63.6 Å². The number of ether oxygens (including phenoxy) is 11. The van der Waals surface area contributed by atoms with Crippen LogP contribution in [0.5, 0.6) is 0 Å². The van der Waals surface area contributed by atoms with E-state index in [4.69, 9.17) is 61.0 Å². The fourth-order valence-electron chi connectivity index (χ4n) is 16.7. The van der Waals surface area contributed by atoms with E-state index in [1.54, 1.807) is 102 Å². The highest BCUT2D eigenvalue weighted by Gasteiger charge is 2.52. The standard InChI is InChI=1S/C45H71NO10SSi.C25H45IO4Si.C23H31NO8S/c1-29-23-34(20-21-38-30(2)24-33(52-38)17-16-22-51-58(11,12)45(8,9)10)53-40(31(29)3)26-41-37(28-57(49,50)36-18-14-13-15-19-36)32(4)39(55-41)25-35-27-46(42(47)54-35)43(48)56-44(5,6)7;1-19-17-22(11-9-16-29-31(7,8)24(4,5)6)30-23(19)12-13-25(18-20(2)21(3)26)27-14-10-15-28-25;1-15-18(14-33(28,29)17-8-6-5-7-9-17)19(10-11-25)31-20(15)12-16-13-24(21(26)30-16)22(27)32-23(2,3)4/h13-15,18-19,29,32-35,37-41H,2-3,16-17,20-28H2,1,4-12H3;20,22-23H,1,3,9-18H2,2,4-8H3;5-9,11,15-16,18-20H,10,12-14H2,1-4H3/t29-,32-,33+,34+,35+,37-,38?,39?,40-,41+;20-,22+,23+;15-,16+,18-,19+,20?/m111/s1. The number of hydrogen-bond donors (Lipinski definition) is 0. The monoisotopic (exact) mass is 1890 g/mol. The molecule has 18 atom stereocenters. The molecule has 24 nitrogen and oxygen atoms in total. The highest BCUT2D eigenvalue weighted by molar-refractivity contribution is 14.1. The third-order valence-corrected chi connectivity index (χ3v) is 39.9. The Morgan fingerprint density at radius 2 is 0.992 bits per heavy atom. The predicted octanol–water partition coefficient (Wildman–Crippen LogP) is 20.3. The quantitative estimate of drug-likeness (QED) is 0.0160. The molecule has 688 valence electrons. The first-order chi connectivity index (χ1) is 56.7. The molecule has 0 saturated carbocycles. The molecule has 0 radical (unpaired) electrons. The average Bonchev–Trinajstić information content (AvgIpc) is 1.64. The molecular formula is C93H147IN2O22S2Si2. The van der Waals surface area contributed by atoms with Gasteiger partial charge in [0.05, 0.1) is 109 Å². The molecule has 4 amide bonds. The van der Waals surface area contributed by atoms with Crippen molar-refractivity contribution in [1.82, 2.24) is 9.80 Å². The number of rotatable bonds is 33. The lowest BCUT2D eigenvalue weighted by atomic mass is 9.82. The van der Waals surface area contributed by atoms with Crippen molar-refractivity contribution in [2.75, 3.05) is 51.0 Å². The Morgan fingerprint density at radius 1 is 0.574 bits per heavy atom. The van der Waals surface area contributed by atoms with Crippen molar-refractivity contribution in [3.8, 4) is 0 Å². The van der Waals surface area contributed by atoms with Crippen LogP contribution in [0.25, 0.3) is 0 Å². The Kier molecular flexibility index (Phi) is 36.7. The Morgan fingerprint density at radius 3 is 1.41 bits per heavy atom. The van der Waals surface area contributed by atoms with Crippen molar-refractivity contribution in [3.63, 3.8) is 0 Å². The van der Waals surface area contributed by atoms with Crippen LogP contribution in [0.3, 0.4) is 0 Å². The maximum Gasteiger partial charge on any atom is 0.419 e. The zero-order valence-electron chi connectivity index (χ0n) is 76.8. The molecule has 8 aliphatic heterocycles. The molecule has 10 rings (SSSR count). The number of benzene rings is 2. The second kappa shape index (κ2) is 43.6. The summed E-state index contributed by atoms with van der Waals surface area (Å²) in [4.78, 5) is 63.5. The number of sulfone groups is 2. The van der Waals surface area contributed by atoms with Crippen molar-refractivity contribution >= 4 is 89.6 Å². The zero-order valence-corrected chi connectivity index (χ0v) is 82.6. The fourth-order valence-corrected chi connectivity index (χ4v) is 22.7. The third kappa shape index (κ3) is 29.4. The van der Waals surface area contributed by atoms with E-state index in [2.05, 4.69) is 130 Å². The molecule has 29 heteroatoms. The molecule has 0 aliphatic carbocycles. The number of hydrogen-bond acceptors (Lipinski definition) is 22. The van der Waals surface area contributed by atoms with Crippen LogP contribution in [0.15, 0.2) is 117 Å². The van der Waals surface area contributed by atoms with E-state index in [0.717, 1.165) is 141 Å². The van der Waals surface area contributed by atoms with Crippen LogP contribution >= 0.6 is 22.6 Å². The average molecular weight is 1890 g/mol. The van der Waals surface area contributed by atoms with Crippen molar-refractivity contribution < 1.29 is 102 Å². The number of allylic oxidation sites excluding steroid dienone is 1. The second-order valence-corrected chi connectivity index (χ2v) is 55.3. The van der Waals surface area contributed by atoms with Gasteiger partial charge >= 0.3 is 24.4 Å². The van der Waals surface area contributed by atoms with Gasteiger partial charge in [-0.2, -0.15) is 0 Å². The summed E-state index contributed by atoms with van der Waals surface area (Å²) in [6.45, 7) is 61.9. The van der Waals surface area contributed by atoms with E-state index in [-0.39, 0.29) is 118 Å². The minimum Gasteiger partial charge on any atom is -0.444 e. The summed E-state index contributed by atoms with van der Waals surface area (Å²) in [5.74, 6) is -1.35. The molecule has 8 fully saturated rings. The van der Waals surface area contributed by atoms with Crippen molar-refractivity contribution in [2.45, 2.75) is 356 Å². The molecule has 0 aromatic heterocycles. The number of halogens is 1. The molecule has 8 aliphatic rings. The molecule has 2 aromatic rings. The van der Waals surface area contributed by atoms with Gasteiger partial charge in [-0.15, -0.1) is 0 Å². The molecule has 8 saturated heterocycles. The van der Waals surface area contributed by atoms with Crippen LogP contribution in [-0.4, -0.2) is 215 Å². The van der Waals surface area contributed by atoms with E-state index >= 15 is 0 Å². The van der Waals surface area contributed by atoms with Crippen molar-refractivity contribution in [1.29, 1.82) is 0 Å². The van der Waals surface area contributed by atoms with Crippen LogP contribution in [0.4, 0.5) is 19.2 Å². The first kappa shape index (κ1) is 103.